The Morgan fingerprint density at radius 1 is 1.53 bits per heavy atom. The van der Waals surface area contributed by atoms with E-state index in [1.54, 1.807) is 6.07 Å². The molecule has 1 aliphatic rings. The zero-order chi connectivity index (χ0) is 10.7. The minimum atomic E-state index is 0.359. The van der Waals surface area contributed by atoms with Crippen LogP contribution in [0.15, 0.2) is 18.2 Å². The summed E-state index contributed by atoms with van der Waals surface area (Å²) in [6.45, 7) is 0.863. The second-order valence-corrected chi connectivity index (χ2v) is 3.88. The van der Waals surface area contributed by atoms with Crippen molar-refractivity contribution in [2.24, 2.45) is 0 Å². The minimum Gasteiger partial charge on any atom is -0.508 e. The van der Waals surface area contributed by atoms with Crippen LogP contribution in [0.4, 0.5) is 0 Å². The summed E-state index contributed by atoms with van der Waals surface area (Å²) in [5.74, 6) is 2.98. The van der Waals surface area contributed by atoms with E-state index in [0.29, 0.717) is 11.8 Å². The summed E-state index contributed by atoms with van der Waals surface area (Å²) in [5.41, 5.74) is 2.57. The van der Waals surface area contributed by atoms with Gasteiger partial charge in [-0.25, -0.2) is 0 Å². The molecule has 0 heterocycles. The molecule has 15 heavy (non-hydrogen) atoms. The van der Waals surface area contributed by atoms with Gasteiger partial charge in [-0.3, -0.25) is 0 Å². The van der Waals surface area contributed by atoms with E-state index < -0.39 is 0 Å². The zero-order valence-corrected chi connectivity index (χ0v) is 8.66. The van der Waals surface area contributed by atoms with Crippen LogP contribution in [0.3, 0.4) is 0 Å². The number of fused-ring (bicyclic) bond motifs is 1. The van der Waals surface area contributed by atoms with Crippen LogP contribution in [-0.4, -0.2) is 11.7 Å². The van der Waals surface area contributed by atoms with Crippen LogP contribution in [0.5, 0.6) is 5.75 Å². The Balaban J connectivity index is 2.05. The van der Waals surface area contributed by atoms with E-state index >= 15 is 0 Å². The van der Waals surface area contributed by atoms with Gasteiger partial charge in [0, 0.05) is 19.0 Å². The van der Waals surface area contributed by atoms with Crippen molar-refractivity contribution < 1.29 is 5.11 Å². The van der Waals surface area contributed by atoms with Crippen molar-refractivity contribution in [1.82, 2.24) is 5.32 Å². The maximum Gasteiger partial charge on any atom is 0.115 e. The van der Waals surface area contributed by atoms with E-state index in [2.05, 4.69) is 11.2 Å². The Kier molecular flexibility index (Phi) is 2.94. The summed E-state index contributed by atoms with van der Waals surface area (Å²) in [5, 5.41) is 12.8. The van der Waals surface area contributed by atoms with E-state index in [1.807, 2.05) is 12.1 Å². The molecular formula is C13H15NO. The Morgan fingerprint density at radius 2 is 2.40 bits per heavy atom. The van der Waals surface area contributed by atoms with E-state index in [9.17, 15) is 5.11 Å². The molecule has 0 saturated carbocycles. The molecule has 0 bridgehead atoms. The van der Waals surface area contributed by atoms with Crippen LogP contribution in [0.25, 0.3) is 0 Å². The Bertz CT molecular complexity index is 392. The van der Waals surface area contributed by atoms with Crippen molar-refractivity contribution in [3.8, 4) is 18.1 Å². The number of aryl methyl sites for hydroxylation is 1. The topological polar surface area (TPSA) is 32.3 Å². The molecule has 0 fully saturated rings. The molecule has 1 unspecified atom stereocenters. The fraction of sp³-hybridized carbons (Fsp3) is 0.385. The molecule has 2 heteroatoms. The highest BCUT2D eigenvalue weighted by Gasteiger charge is 2.21. The van der Waals surface area contributed by atoms with Gasteiger partial charge in [-0.15, -0.1) is 12.3 Å². The van der Waals surface area contributed by atoms with Crippen molar-refractivity contribution in [3.63, 3.8) is 0 Å². The first-order valence-corrected chi connectivity index (χ1v) is 5.30. The van der Waals surface area contributed by atoms with Gasteiger partial charge in [-0.2, -0.15) is 0 Å². The third-order valence-electron chi connectivity index (χ3n) is 2.86. The summed E-state index contributed by atoms with van der Waals surface area (Å²) in [4.78, 5) is 0. The van der Waals surface area contributed by atoms with E-state index in [1.165, 1.54) is 11.1 Å². The van der Waals surface area contributed by atoms with E-state index in [4.69, 9.17) is 6.42 Å². The summed E-state index contributed by atoms with van der Waals surface area (Å²) in [7, 11) is 0. The van der Waals surface area contributed by atoms with Gasteiger partial charge in [0.15, 0.2) is 0 Å². The van der Waals surface area contributed by atoms with Gasteiger partial charge in [0.2, 0.25) is 0 Å². The first-order chi connectivity index (χ1) is 7.31. The molecule has 0 saturated heterocycles. The van der Waals surface area contributed by atoms with Gasteiger partial charge in [0.25, 0.3) is 0 Å². The largest absolute Gasteiger partial charge is 0.508 e. The fourth-order valence-corrected chi connectivity index (χ4v) is 2.13. The number of benzene rings is 1. The zero-order valence-electron chi connectivity index (χ0n) is 8.66. The lowest BCUT2D eigenvalue weighted by molar-refractivity contribution is 0.474. The molecule has 0 spiro atoms. The first kappa shape index (κ1) is 10.1. The normalized spacial score (nSPS) is 18.5. The highest BCUT2D eigenvalue weighted by molar-refractivity contribution is 5.39. The number of aromatic hydroxyl groups is 1. The number of phenolic OH excluding ortho intramolecular Hbond substituents is 1. The standard InChI is InChI=1S/C13H15NO/c1-2-3-8-14-13-7-4-10-9-11(15)5-6-12(10)13/h1,5-6,9,13-15H,3-4,7-8H2. The van der Waals surface area contributed by atoms with Crippen LogP contribution in [0.1, 0.15) is 30.0 Å². The van der Waals surface area contributed by atoms with Crippen molar-refractivity contribution >= 4 is 0 Å². The average molecular weight is 201 g/mol. The second kappa shape index (κ2) is 4.37. The molecular weight excluding hydrogens is 186 g/mol. The number of nitrogens with one attached hydrogen (secondary N) is 1. The number of terminal acetylenes is 1. The number of phenols is 1. The van der Waals surface area contributed by atoms with Crippen molar-refractivity contribution in [2.45, 2.75) is 25.3 Å². The molecule has 2 rings (SSSR count). The predicted molar refractivity (Wildman–Crippen MR) is 60.6 cm³/mol. The molecule has 0 radical (unpaired) electrons. The molecule has 0 amide bonds. The quantitative estimate of drug-likeness (QED) is 0.579. The fourth-order valence-electron chi connectivity index (χ4n) is 2.13. The van der Waals surface area contributed by atoms with Gasteiger partial charge >= 0.3 is 0 Å². The maximum atomic E-state index is 9.35. The van der Waals surface area contributed by atoms with E-state index in [-0.39, 0.29) is 0 Å². The lowest BCUT2D eigenvalue weighted by Gasteiger charge is -2.12. The third-order valence-corrected chi connectivity index (χ3v) is 2.86. The predicted octanol–water partition coefficient (Wildman–Crippen LogP) is 1.99. The van der Waals surface area contributed by atoms with Crippen LogP contribution in [0.2, 0.25) is 0 Å². The highest BCUT2D eigenvalue weighted by Crippen LogP contribution is 2.32. The van der Waals surface area contributed by atoms with Crippen LogP contribution < -0.4 is 5.32 Å². The molecule has 0 aromatic heterocycles. The van der Waals surface area contributed by atoms with Gasteiger partial charge in [-0.05, 0) is 36.1 Å². The average Bonchev–Trinajstić information content (AvgIpc) is 2.61. The number of hydrogen-bond donors (Lipinski definition) is 2. The number of rotatable bonds is 3. The monoisotopic (exact) mass is 201 g/mol. The second-order valence-electron chi connectivity index (χ2n) is 3.88. The van der Waals surface area contributed by atoms with Crippen LogP contribution >= 0.6 is 0 Å². The Labute approximate surface area is 90.3 Å². The molecule has 1 atom stereocenters. The molecule has 1 aliphatic carbocycles. The summed E-state index contributed by atoms with van der Waals surface area (Å²) in [6.07, 6.45) is 8.11. The third kappa shape index (κ3) is 2.14. The smallest absolute Gasteiger partial charge is 0.115 e. The molecule has 1 aromatic carbocycles. The van der Waals surface area contributed by atoms with E-state index in [0.717, 1.165) is 25.8 Å². The number of hydrogen-bond acceptors (Lipinski definition) is 2. The molecule has 0 aliphatic heterocycles. The van der Waals surface area contributed by atoms with Crippen LogP contribution in [0, 0.1) is 12.3 Å². The minimum absolute atomic E-state index is 0.359. The van der Waals surface area contributed by atoms with Gasteiger partial charge < -0.3 is 10.4 Å². The Morgan fingerprint density at radius 3 is 3.20 bits per heavy atom. The lowest BCUT2D eigenvalue weighted by Crippen LogP contribution is -2.19. The van der Waals surface area contributed by atoms with Gasteiger partial charge in [0.05, 0.1) is 0 Å². The van der Waals surface area contributed by atoms with Crippen molar-refractivity contribution in [2.75, 3.05) is 6.54 Å². The SMILES string of the molecule is C#CCCNC1CCc2cc(O)ccc21. The molecule has 2 nitrogen and oxygen atoms in total. The Hall–Kier alpha value is -1.46. The molecule has 2 N–H and O–H groups in total. The lowest BCUT2D eigenvalue weighted by atomic mass is 10.1. The summed E-state index contributed by atoms with van der Waals surface area (Å²) in [6, 6.07) is 6.03. The summed E-state index contributed by atoms with van der Waals surface area (Å²) < 4.78 is 0. The van der Waals surface area contributed by atoms with Gasteiger partial charge in [0.1, 0.15) is 5.75 Å². The van der Waals surface area contributed by atoms with Crippen molar-refractivity contribution in [3.05, 3.63) is 29.3 Å². The molecule has 1 aromatic rings. The van der Waals surface area contributed by atoms with Crippen molar-refractivity contribution in [1.29, 1.82) is 0 Å². The maximum absolute atomic E-state index is 9.35. The highest BCUT2D eigenvalue weighted by atomic mass is 16.3. The first-order valence-electron chi connectivity index (χ1n) is 5.30. The van der Waals surface area contributed by atoms with Crippen LogP contribution in [-0.2, 0) is 6.42 Å². The molecule has 78 valence electrons. The summed E-state index contributed by atoms with van der Waals surface area (Å²) >= 11 is 0. The van der Waals surface area contributed by atoms with Gasteiger partial charge in [-0.1, -0.05) is 6.07 Å².